The SMILES string of the molecule is O=C(Nc1sc2c(c1C(=O)N1CCCCC1)CCCCC2)[C@@H]1CCCN1S(=O)(=O)c1ccccc1. The fourth-order valence-electron chi connectivity index (χ4n) is 5.52. The molecular weight excluding hydrogens is 482 g/mol. The van der Waals surface area contributed by atoms with Gasteiger partial charge in [-0.2, -0.15) is 4.31 Å². The maximum Gasteiger partial charge on any atom is 0.257 e. The standard InChI is InChI=1S/C26H33N3O4S2/c30-24(21-14-10-18-29(21)35(32,33)19-11-4-1-5-12-19)27-25-23(26(31)28-16-8-3-9-17-28)20-13-6-2-7-15-22(20)34-25/h1,4-5,11-12,21H,2-3,6-10,13-18H2,(H,27,30)/t21-/m0/s1. The van der Waals surface area contributed by atoms with Gasteiger partial charge in [-0.3, -0.25) is 9.59 Å². The smallest absolute Gasteiger partial charge is 0.257 e. The van der Waals surface area contributed by atoms with Gasteiger partial charge in [0.1, 0.15) is 11.0 Å². The molecule has 1 aliphatic carbocycles. The molecule has 0 spiro atoms. The van der Waals surface area contributed by atoms with E-state index in [4.69, 9.17) is 0 Å². The molecule has 9 heteroatoms. The Kier molecular flexibility index (Phi) is 7.27. The van der Waals surface area contributed by atoms with Gasteiger partial charge in [-0.25, -0.2) is 8.42 Å². The summed E-state index contributed by atoms with van der Waals surface area (Å²) in [5.74, 6) is -0.328. The van der Waals surface area contributed by atoms with Gasteiger partial charge in [0.25, 0.3) is 5.91 Å². The van der Waals surface area contributed by atoms with E-state index in [9.17, 15) is 18.0 Å². The Labute approximate surface area is 211 Å². The fraction of sp³-hybridized carbons (Fsp3) is 0.538. The maximum absolute atomic E-state index is 13.7. The van der Waals surface area contributed by atoms with Crippen LogP contribution in [-0.2, 0) is 27.7 Å². The molecule has 5 rings (SSSR count). The molecule has 1 atom stereocenters. The number of benzene rings is 1. The van der Waals surface area contributed by atoms with Crippen molar-refractivity contribution < 1.29 is 18.0 Å². The van der Waals surface area contributed by atoms with Gasteiger partial charge in [0.05, 0.1) is 10.5 Å². The van der Waals surface area contributed by atoms with E-state index in [-0.39, 0.29) is 16.7 Å². The number of carbonyl (C=O) groups is 2. The number of piperidine rings is 1. The highest BCUT2D eigenvalue weighted by Crippen LogP contribution is 2.39. The molecule has 2 aliphatic heterocycles. The Hall–Kier alpha value is -2.23. The van der Waals surface area contributed by atoms with E-state index in [1.165, 1.54) is 20.5 Å². The number of aryl methyl sites for hydroxylation is 1. The number of nitrogens with zero attached hydrogens (tertiary/aromatic N) is 2. The lowest BCUT2D eigenvalue weighted by Gasteiger charge is -2.28. The Morgan fingerprint density at radius 1 is 0.886 bits per heavy atom. The van der Waals surface area contributed by atoms with Crippen LogP contribution in [0.1, 0.15) is 72.2 Å². The van der Waals surface area contributed by atoms with Crippen molar-refractivity contribution >= 4 is 38.2 Å². The Morgan fingerprint density at radius 3 is 2.37 bits per heavy atom. The van der Waals surface area contributed by atoms with Gasteiger partial charge in [0.15, 0.2) is 0 Å². The van der Waals surface area contributed by atoms with E-state index in [0.717, 1.165) is 70.0 Å². The van der Waals surface area contributed by atoms with Crippen LogP contribution in [0, 0.1) is 0 Å². The first kappa shape index (κ1) is 24.5. The summed E-state index contributed by atoms with van der Waals surface area (Å²) in [6.45, 7) is 1.82. The quantitative estimate of drug-likeness (QED) is 0.597. The first-order valence-corrected chi connectivity index (χ1v) is 15.0. The number of anilines is 1. The van der Waals surface area contributed by atoms with Gasteiger partial charge in [-0.15, -0.1) is 11.3 Å². The lowest BCUT2D eigenvalue weighted by molar-refractivity contribution is -0.119. The molecule has 188 valence electrons. The van der Waals surface area contributed by atoms with Crippen molar-refractivity contribution in [2.24, 2.45) is 0 Å². The zero-order valence-electron chi connectivity index (χ0n) is 20.0. The van der Waals surface area contributed by atoms with Gasteiger partial charge < -0.3 is 10.2 Å². The lowest BCUT2D eigenvalue weighted by atomic mass is 10.0. The van der Waals surface area contributed by atoms with Crippen molar-refractivity contribution in [3.63, 3.8) is 0 Å². The third-order valence-electron chi connectivity index (χ3n) is 7.37. The van der Waals surface area contributed by atoms with Crippen LogP contribution in [0.25, 0.3) is 0 Å². The number of hydrogen-bond donors (Lipinski definition) is 1. The summed E-state index contributed by atoms with van der Waals surface area (Å²) in [4.78, 5) is 30.5. The highest BCUT2D eigenvalue weighted by Gasteiger charge is 2.40. The number of thiophene rings is 1. The highest BCUT2D eigenvalue weighted by atomic mass is 32.2. The summed E-state index contributed by atoms with van der Waals surface area (Å²) in [7, 11) is -3.78. The Morgan fingerprint density at radius 2 is 1.60 bits per heavy atom. The molecule has 0 bridgehead atoms. The van der Waals surface area contributed by atoms with Gasteiger partial charge in [0, 0.05) is 24.5 Å². The summed E-state index contributed by atoms with van der Waals surface area (Å²) in [6, 6.07) is 7.50. The zero-order valence-corrected chi connectivity index (χ0v) is 21.6. The number of likely N-dealkylation sites (tertiary alicyclic amines) is 1. The molecule has 3 heterocycles. The van der Waals surface area contributed by atoms with E-state index in [0.29, 0.717) is 30.0 Å². The minimum atomic E-state index is -3.78. The normalized spacial score (nSPS) is 21.4. The van der Waals surface area contributed by atoms with Crippen LogP contribution in [-0.4, -0.2) is 55.1 Å². The van der Waals surface area contributed by atoms with Crippen molar-refractivity contribution in [1.29, 1.82) is 0 Å². The minimum Gasteiger partial charge on any atom is -0.339 e. The molecule has 2 fully saturated rings. The summed E-state index contributed by atoms with van der Waals surface area (Å²) in [5.41, 5.74) is 1.75. The number of hydrogen-bond acceptors (Lipinski definition) is 5. The summed E-state index contributed by atoms with van der Waals surface area (Å²) in [6.07, 6.45) is 9.32. The van der Waals surface area contributed by atoms with Crippen molar-refractivity contribution in [3.8, 4) is 0 Å². The molecular formula is C26H33N3O4S2. The molecule has 0 unspecified atom stereocenters. The van der Waals surface area contributed by atoms with Gasteiger partial charge >= 0.3 is 0 Å². The third kappa shape index (κ3) is 4.90. The molecule has 7 nitrogen and oxygen atoms in total. The number of nitrogens with one attached hydrogen (secondary N) is 1. The largest absolute Gasteiger partial charge is 0.339 e. The molecule has 0 radical (unpaired) electrons. The number of rotatable bonds is 5. The first-order chi connectivity index (χ1) is 17.0. The fourth-order valence-corrected chi connectivity index (χ4v) is 8.49. The average Bonchev–Trinajstić information content (AvgIpc) is 3.44. The van der Waals surface area contributed by atoms with Crippen LogP contribution in [0.15, 0.2) is 35.2 Å². The maximum atomic E-state index is 13.7. The van der Waals surface area contributed by atoms with Crippen molar-refractivity contribution in [2.75, 3.05) is 25.0 Å². The monoisotopic (exact) mass is 515 g/mol. The Bertz CT molecular complexity index is 1190. The second kappa shape index (κ2) is 10.4. The van der Waals surface area contributed by atoms with Crippen LogP contribution in [0.2, 0.25) is 0 Å². The van der Waals surface area contributed by atoms with Crippen LogP contribution in [0.4, 0.5) is 5.00 Å². The first-order valence-electron chi connectivity index (χ1n) is 12.8. The van der Waals surface area contributed by atoms with Crippen molar-refractivity contribution in [1.82, 2.24) is 9.21 Å². The van der Waals surface area contributed by atoms with Crippen LogP contribution in [0.3, 0.4) is 0 Å². The lowest BCUT2D eigenvalue weighted by Crippen LogP contribution is -2.43. The van der Waals surface area contributed by atoms with E-state index in [1.54, 1.807) is 30.3 Å². The molecule has 1 N–H and O–H groups in total. The number of sulfonamides is 1. The number of carbonyl (C=O) groups excluding carboxylic acids is 2. The molecule has 2 saturated heterocycles. The second-order valence-electron chi connectivity index (χ2n) is 9.70. The molecule has 1 aromatic heterocycles. The second-order valence-corrected chi connectivity index (χ2v) is 12.7. The summed E-state index contributed by atoms with van der Waals surface area (Å²) >= 11 is 1.51. The Balaban J connectivity index is 1.43. The predicted octanol–water partition coefficient (Wildman–Crippen LogP) is 4.43. The van der Waals surface area contributed by atoms with Crippen molar-refractivity contribution in [3.05, 3.63) is 46.3 Å². The zero-order chi connectivity index (χ0) is 24.4. The molecule has 1 aromatic carbocycles. The molecule has 2 aromatic rings. The van der Waals surface area contributed by atoms with Crippen molar-refractivity contribution in [2.45, 2.75) is 75.1 Å². The van der Waals surface area contributed by atoms with E-state index in [1.807, 2.05) is 4.90 Å². The van der Waals surface area contributed by atoms with Gasteiger partial charge in [-0.05, 0) is 75.5 Å². The van der Waals surface area contributed by atoms with E-state index >= 15 is 0 Å². The third-order valence-corrected chi connectivity index (χ3v) is 10.5. The van der Waals surface area contributed by atoms with E-state index < -0.39 is 16.1 Å². The summed E-state index contributed by atoms with van der Waals surface area (Å²) in [5, 5.41) is 3.63. The molecule has 2 amide bonds. The van der Waals surface area contributed by atoms with Gasteiger partial charge in [-0.1, -0.05) is 24.6 Å². The van der Waals surface area contributed by atoms with E-state index in [2.05, 4.69) is 5.32 Å². The highest BCUT2D eigenvalue weighted by molar-refractivity contribution is 7.89. The minimum absolute atomic E-state index is 0.0135. The summed E-state index contributed by atoms with van der Waals surface area (Å²) < 4.78 is 27.9. The van der Waals surface area contributed by atoms with Gasteiger partial charge in [0.2, 0.25) is 15.9 Å². The number of fused-ring (bicyclic) bond motifs is 1. The number of amides is 2. The topological polar surface area (TPSA) is 86.8 Å². The molecule has 35 heavy (non-hydrogen) atoms. The van der Waals surface area contributed by atoms with Crippen LogP contribution < -0.4 is 5.32 Å². The van der Waals surface area contributed by atoms with Crippen LogP contribution >= 0.6 is 11.3 Å². The molecule has 3 aliphatic rings. The molecule has 0 saturated carbocycles. The van der Waals surface area contributed by atoms with Crippen LogP contribution in [0.5, 0.6) is 0 Å². The predicted molar refractivity (Wildman–Crippen MR) is 137 cm³/mol. The average molecular weight is 516 g/mol.